The predicted octanol–water partition coefficient (Wildman–Crippen LogP) is 0.911. The number of carboxylic acids is 1. The van der Waals surface area contributed by atoms with Crippen molar-refractivity contribution in [2.75, 3.05) is 20.1 Å². The van der Waals surface area contributed by atoms with Gasteiger partial charge < -0.3 is 14.7 Å². The lowest BCUT2D eigenvalue weighted by Gasteiger charge is -2.12. The zero-order valence-corrected chi connectivity index (χ0v) is 10.0. The summed E-state index contributed by atoms with van der Waals surface area (Å²) in [6, 6.07) is 1.28. The average molecular weight is 258 g/mol. The van der Waals surface area contributed by atoms with E-state index in [0.717, 1.165) is 19.5 Å². The third kappa shape index (κ3) is 3.04. The number of hydrogen-bond donors (Lipinski definition) is 1. The first-order valence-electron chi connectivity index (χ1n) is 5.17. The molecule has 1 aliphatic rings. The maximum absolute atomic E-state index is 10.8. The molecule has 92 valence electrons. The van der Waals surface area contributed by atoms with Gasteiger partial charge in [0.2, 0.25) is 11.2 Å². The van der Waals surface area contributed by atoms with Crippen molar-refractivity contribution in [3.05, 3.63) is 17.0 Å². The number of likely N-dealkylation sites (N-methyl/N-ethyl adjacent to an activating group) is 1. The van der Waals surface area contributed by atoms with Crippen LogP contribution in [0.15, 0.2) is 6.07 Å². The second-order valence-corrected chi connectivity index (χ2v) is 4.29. The molecule has 1 aliphatic heterocycles. The van der Waals surface area contributed by atoms with Gasteiger partial charge in [-0.15, -0.1) is 0 Å². The number of hydrogen-bond acceptors (Lipinski definition) is 5. The van der Waals surface area contributed by atoms with Crippen LogP contribution in [0.3, 0.4) is 0 Å². The van der Waals surface area contributed by atoms with Gasteiger partial charge in [0.25, 0.3) is 0 Å². The number of carbonyl (C=O) groups is 1. The molecule has 17 heavy (non-hydrogen) atoms. The van der Waals surface area contributed by atoms with Crippen molar-refractivity contribution in [2.45, 2.75) is 12.5 Å². The van der Waals surface area contributed by atoms with E-state index < -0.39 is 5.97 Å². The molecule has 7 heteroatoms. The number of carboxylic acid groups (broad SMARTS) is 1. The Bertz CT molecular complexity index is 441. The molecule has 0 amide bonds. The fraction of sp³-hybridized carbons (Fsp3) is 0.500. The Hall–Kier alpha value is -1.40. The number of nitrogens with zero attached hydrogens (tertiary/aromatic N) is 3. The van der Waals surface area contributed by atoms with Crippen molar-refractivity contribution in [1.82, 2.24) is 14.9 Å². The zero-order valence-electron chi connectivity index (χ0n) is 9.26. The molecule has 1 aromatic heterocycles. The Labute approximate surface area is 103 Å². The van der Waals surface area contributed by atoms with Crippen molar-refractivity contribution in [1.29, 1.82) is 0 Å². The number of halogens is 1. The first kappa shape index (κ1) is 12.1. The van der Waals surface area contributed by atoms with Gasteiger partial charge in [-0.3, -0.25) is 0 Å². The van der Waals surface area contributed by atoms with E-state index in [4.69, 9.17) is 21.4 Å². The largest absolute Gasteiger partial charge is 0.477 e. The van der Waals surface area contributed by atoms with Crippen molar-refractivity contribution >= 4 is 17.6 Å². The van der Waals surface area contributed by atoms with Crippen LogP contribution < -0.4 is 4.74 Å². The Kier molecular flexibility index (Phi) is 3.44. The van der Waals surface area contributed by atoms with Gasteiger partial charge in [-0.1, -0.05) is 0 Å². The molecule has 2 rings (SSSR count). The standard InChI is InChI=1S/C10H12ClN3O3/c1-14-3-2-6(5-14)17-8-4-7(9(15)16)12-10(11)13-8/h4,6H,2-3,5H2,1H3,(H,15,16). The summed E-state index contributed by atoms with van der Waals surface area (Å²) in [5.41, 5.74) is -0.161. The van der Waals surface area contributed by atoms with E-state index in [0.29, 0.717) is 0 Å². The minimum Gasteiger partial charge on any atom is -0.477 e. The van der Waals surface area contributed by atoms with E-state index in [-0.39, 0.29) is 23.0 Å². The maximum atomic E-state index is 10.8. The van der Waals surface area contributed by atoms with Crippen LogP contribution in [-0.4, -0.2) is 52.2 Å². The van der Waals surface area contributed by atoms with Gasteiger partial charge in [0.15, 0.2) is 5.69 Å². The number of rotatable bonds is 3. The van der Waals surface area contributed by atoms with Crippen LogP contribution >= 0.6 is 11.6 Å². The summed E-state index contributed by atoms with van der Waals surface area (Å²) < 4.78 is 5.58. The summed E-state index contributed by atoms with van der Waals surface area (Å²) >= 11 is 5.63. The summed E-state index contributed by atoms with van der Waals surface area (Å²) in [6.45, 7) is 1.75. The van der Waals surface area contributed by atoms with Crippen molar-refractivity contribution < 1.29 is 14.6 Å². The monoisotopic (exact) mass is 257 g/mol. The van der Waals surface area contributed by atoms with Crippen LogP contribution in [0, 0.1) is 0 Å². The van der Waals surface area contributed by atoms with Crippen molar-refractivity contribution in [2.24, 2.45) is 0 Å². The van der Waals surface area contributed by atoms with Gasteiger partial charge in [0.05, 0.1) is 0 Å². The summed E-state index contributed by atoms with van der Waals surface area (Å²) in [4.78, 5) is 20.4. The molecule has 2 heterocycles. The first-order chi connectivity index (χ1) is 8.04. The molecule has 0 spiro atoms. The highest BCUT2D eigenvalue weighted by atomic mass is 35.5. The third-order valence-electron chi connectivity index (χ3n) is 2.53. The summed E-state index contributed by atoms with van der Waals surface area (Å²) in [6.07, 6.45) is 0.910. The molecule has 0 aliphatic carbocycles. The molecule has 1 fully saturated rings. The minimum atomic E-state index is -1.15. The average Bonchev–Trinajstić information content (AvgIpc) is 2.63. The molecule has 6 nitrogen and oxygen atoms in total. The van der Waals surface area contributed by atoms with E-state index in [1.807, 2.05) is 7.05 Å². The highest BCUT2D eigenvalue weighted by Crippen LogP contribution is 2.18. The van der Waals surface area contributed by atoms with Crippen LogP contribution in [-0.2, 0) is 0 Å². The molecule has 0 radical (unpaired) electrons. The fourth-order valence-electron chi connectivity index (χ4n) is 1.73. The van der Waals surface area contributed by atoms with E-state index >= 15 is 0 Å². The summed E-state index contributed by atoms with van der Waals surface area (Å²) in [7, 11) is 2.00. The second kappa shape index (κ2) is 4.85. The molecular weight excluding hydrogens is 246 g/mol. The lowest BCUT2D eigenvalue weighted by Crippen LogP contribution is -2.22. The molecule has 1 aromatic rings. The van der Waals surface area contributed by atoms with E-state index in [2.05, 4.69) is 14.9 Å². The molecule has 1 saturated heterocycles. The van der Waals surface area contributed by atoms with Crippen molar-refractivity contribution in [3.63, 3.8) is 0 Å². The lowest BCUT2D eigenvalue weighted by molar-refractivity contribution is 0.0689. The SMILES string of the molecule is CN1CCC(Oc2cc(C(=O)O)nc(Cl)n2)C1. The van der Waals surface area contributed by atoms with Crippen LogP contribution in [0.1, 0.15) is 16.9 Å². The summed E-state index contributed by atoms with van der Waals surface area (Å²) in [5, 5.41) is 8.70. The Balaban J connectivity index is 2.12. The van der Waals surface area contributed by atoms with Crippen LogP contribution in [0.4, 0.5) is 0 Å². The fourth-order valence-corrected chi connectivity index (χ4v) is 1.90. The molecule has 0 aromatic carbocycles. The topological polar surface area (TPSA) is 75.5 Å². The van der Waals surface area contributed by atoms with Gasteiger partial charge in [0.1, 0.15) is 6.10 Å². The van der Waals surface area contributed by atoms with E-state index in [9.17, 15) is 4.79 Å². The van der Waals surface area contributed by atoms with Gasteiger partial charge >= 0.3 is 5.97 Å². The van der Waals surface area contributed by atoms with Crippen LogP contribution in [0.2, 0.25) is 5.28 Å². The molecular formula is C10H12ClN3O3. The van der Waals surface area contributed by atoms with Gasteiger partial charge in [-0.25, -0.2) is 9.78 Å². The second-order valence-electron chi connectivity index (χ2n) is 3.96. The quantitative estimate of drug-likeness (QED) is 0.812. The normalized spacial score (nSPS) is 20.5. The van der Waals surface area contributed by atoms with Gasteiger partial charge in [0, 0.05) is 19.2 Å². The Morgan fingerprint density at radius 3 is 3.00 bits per heavy atom. The third-order valence-corrected chi connectivity index (χ3v) is 2.70. The van der Waals surface area contributed by atoms with Gasteiger partial charge in [-0.2, -0.15) is 4.98 Å². The number of aromatic nitrogens is 2. The smallest absolute Gasteiger partial charge is 0.354 e. The molecule has 1 N–H and O–H groups in total. The predicted molar refractivity (Wildman–Crippen MR) is 60.5 cm³/mol. The van der Waals surface area contributed by atoms with Crippen LogP contribution in [0.25, 0.3) is 0 Å². The molecule has 0 saturated carbocycles. The molecule has 1 atom stereocenters. The first-order valence-corrected chi connectivity index (χ1v) is 5.55. The van der Waals surface area contributed by atoms with Gasteiger partial charge in [-0.05, 0) is 25.1 Å². The molecule has 0 bridgehead atoms. The zero-order chi connectivity index (χ0) is 12.4. The highest BCUT2D eigenvalue weighted by molar-refractivity contribution is 6.28. The number of likely N-dealkylation sites (tertiary alicyclic amines) is 1. The lowest BCUT2D eigenvalue weighted by atomic mass is 10.3. The molecule has 1 unspecified atom stereocenters. The Morgan fingerprint density at radius 2 is 2.41 bits per heavy atom. The number of ether oxygens (including phenoxy) is 1. The minimum absolute atomic E-state index is 0.0209. The number of aromatic carboxylic acids is 1. The van der Waals surface area contributed by atoms with E-state index in [1.54, 1.807) is 0 Å². The Morgan fingerprint density at radius 1 is 1.65 bits per heavy atom. The van der Waals surface area contributed by atoms with Crippen LogP contribution in [0.5, 0.6) is 5.88 Å². The van der Waals surface area contributed by atoms with Crippen molar-refractivity contribution in [3.8, 4) is 5.88 Å². The highest BCUT2D eigenvalue weighted by Gasteiger charge is 2.22. The maximum Gasteiger partial charge on any atom is 0.354 e. The summed E-state index contributed by atoms with van der Waals surface area (Å²) in [5.74, 6) is -0.939. The van der Waals surface area contributed by atoms with E-state index in [1.165, 1.54) is 6.07 Å².